The third kappa shape index (κ3) is 5.65. The molecule has 1 rings (SSSR count). The molecule has 122 valence electrons. The molecule has 0 N–H and O–H groups in total. The quantitative estimate of drug-likeness (QED) is 0.489. The lowest BCUT2D eigenvalue weighted by Crippen LogP contribution is -2.35. The van der Waals surface area contributed by atoms with Gasteiger partial charge in [0.25, 0.3) is 0 Å². The monoisotopic (exact) mass is 323 g/mol. The summed E-state index contributed by atoms with van der Waals surface area (Å²) in [6, 6.07) is -0.220. The summed E-state index contributed by atoms with van der Waals surface area (Å²) >= 11 is 1.56. The van der Waals surface area contributed by atoms with E-state index in [2.05, 4.69) is 42.0 Å². The van der Waals surface area contributed by atoms with Crippen LogP contribution in [0.25, 0.3) is 0 Å². The van der Waals surface area contributed by atoms with Crippen molar-refractivity contribution in [1.29, 1.82) is 0 Å². The van der Waals surface area contributed by atoms with Crippen molar-refractivity contribution in [3.63, 3.8) is 0 Å². The normalized spacial score (nSPS) is 10.7. The van der Waals surface area contributed by atoms with Gasteiger partial charge >= 0.3 is 6.03 Å². The van der Waals surface area contributed by atoms with Crippen LogP contribution in [0.3, 0.4) is 0 Å². The molecule has 0 aromatic carbocycles. The van der Waals surface area contributed by atoms with Crippen LogP contribution in [0, 0.1) is 0 Å². The van der Waals surface area contributed by atoms with Gasteiger partial charge in [-0.25, -0.2) is 9.78 Å². The lowest BCUT2D eigenvalue weighted by Gasteiger charge is -2.18. The molecule has 1 heterocycles. The Morgan fingerprint density at radius 2 is 1.95 bits per heavy atom. The minimum absolute atomic E-state index is 0.220. The van der Waals surface area contributed by atoms with Gasteiger partial charge in [0.15, 0.2) is 0 Å². The van der Waals surface area contributed by atoms with Crippen LogP contribution in [-0.2, 0) is 0 Å². The fourth-order valence-electron chi connectivity index (χ4n) is 1.90. The Balaban J connectivity index is 2.57. The van der Waals surface area contributed by atoms with E-state index in [-0.39, 0.29) is 6.03 Å². The van der Waals surface area contributed by atoms with E-state index < -0.39 is 0 Å². The maximum absolute atomic E-state index is 12.3. The molecule has 0 aliphatic carbocycles. The van der Waals surface area contributed by atoms with Gasteiger partial charge in [-0.3, -0.25) is 0 Å². The van der Waals surface area contributed by atoms with Gasteiger partial charge in [0.05, 0.1) is 0 Å². The average Bonchev–Trinajstić information content (AvgIpc) is 2.99. The lowest BCUT2D eigenvalue weighted by atomic mass is 10.5. The van der Waals surface area contributed by atoms with Gasteiger partial charge in [-0.15, -0.1) is 18.3 Å². The minimum Gasteiger partial charge on any atom is -0.315 e. The first-order valence-corrected chi connectivity index (χ1v) is 8.42. The molecular formula is C15H25N5OS. The summed E-state index contributed by atoms with van der Waals surface area (Å²) in [6.07, 6.45) is 4.82. The molecule has 0 fully saturated rings. The van der Waals surface area contributed by atoms with Gasteiger partial charge < -0.3 is 9.80 Å². The van der Waals surface area contributed by atoms with Gasteiger partial charge in [-0.2, -0.15) is 4.68 Å². The zero-order chi connectivity index (χ0) is 16.4. The molecule has 0 radical (unpaired) electrons. The van der Waals surface area contributed by atoms with Crippen molar-refractivity contribution >= 4 is 17.8 Å². The highest BCUT2D eigenvalue weighted by Crippen LogP contribution is 2.12. The summed E-state index contributed by atoms with van der Waals surface area (Å²) in [5, 5.41) is 4.86. The number of aromatic nitrogens is 3. The van der Waals surface area contributed by atoms with Gasteiger partial charge in [0, 0.05) is 25.4 Å². The molecule has 0 bridgehead atoms. The number of nitrogens with zero attached hydrogens (tertiary/aromatic N) is 5. The van der Waals surface area contributed by atoms with E-state index in [1.54, 1.807) is 28.8 Å². The van der Waals surface area contributed by atoms with Crippen molar-refractivity contribution in [2.45, 2.75) is 19.0 Å². The van der Waals surface area contributed by atoms with Crippen molar-refractivity contribution in [1.82, 2.24) is 24.6 Å². The average molecular weight is 323 g/mol. The summed E-state index contributed by atoms with van der Waals surface area (Å²) in [5.41, 5.74) is 0. The summed E-state index contributed by atoms with van der Waals surface area (Å²) in [4.78, 5) is 20.4. The molecular weight excluding hydrogens is 298 g/mol. The van der Waals surface area contributed by atoms with Gasteiger partial charge in [-0.05, 0) is 13.1 Å². The zero-order valence-electron chi connectivity index (χ0n) is 13.4. The van der Waals surface area contributed by atoms with E-state index in [1.165, 1.54) is 11.0 Å². The Kier molecular flexibility index (Phi) is 8.54. The van der Waals surface area contributed by atoms with Crippen molar-refractivity contribution in [3.8, 4) is 0 Å². The van der Waals surface area contributed by atoms with Crippen molar-refractivity contribution in [2.24, 2.45) is 0 Å². The molecule has 0 saturated heterocycles. The molecule has 6 nitrogen and oxygen atoms in total. The van der Waals surface area contributed by atoms with E-state index in [9.17, 15) is 4.79 Å². The molecule has 0 atom stereocenters. The topological polar surface area (TPSA) is 54.3 Å². The van der Waals surface area contributed by atoms with Gasteiger partial charge in [-0.1, -0.05) is 37.8 Å². The fraction of sp³-hybridized carbons (Fsp3) is 0.533. The number of carbonyl (C=O) groups is 1. The van der Waals surface area contributed by atoms with Gasteiger partial charge in [0.1, 0.15) is 6.33 Å². The van der Waals surface area contributed by atoms with E-state index >= 15 is 0 Å². The first-order valence-electron chi connectivity index (χ1n) is 7.44. The van der Waals surface area contributed by atoms with Gasteiger partial charge in [0.2, 0.25) is 5.16 Å². The van der Waals surface area contributed by atoms with Crippen molar-refractivity contribution in [2.75, 3.05) is 38.5 Å². The SMILES string of the molecule is C=CCN(CC=C)C(=O)n1cnc(SCCN(CC)CC)n1. The Morgan fingerprint density at radius 1 is 1.32 bits per heavy atom. The minimum atomic E-state index is -0.220. The van der Waals surface area contributed by atoms with Crippen molar-refractivity contribution in [3.05, 3.63) is 31.6 Å². The maximum Gasteiger partial charge on any atom is 0.346 e. The number of thioether (sulfide) groups is 1. The van der Waals surface area contributed by atoms with Crippen LogP contribution in [0.4, 0.5) is 4.79 Å². The molecule has 0 unspecified atom stereocenters. The Hall–Kier alpha value is -1.60. The molecule has 22 heavy (non-hydrogen) atoms. The lowest BCUT2D eigenvalue weighted by molar-refractivity contribution is 0.206. The fourth-order valence-corrected chi connectivity index (χ4v) is 2.70. The summed E-state index contributed by atoms with van der Waals surface area (Å²) in [5.74, 6) is 0.906. The third-order valence-corrected chi connectivity index (χ3v) is 4.00. The largest absolute Gasteiger partial charge is 0.346 e. The van der Waals surface area contributed by atoms with Crippen LogP contribution < -0.4 is 0 Å². The smallest absolute Gasteiger partial charge is 0.315 e. The molecule has 0 aliphatic rings. The summed E-state index contributed by atoms with van der Waals surface area (Å²) in [6.45, 7) is 15.6. The molecule has 7 heteroatoms. The first kappa shape index (κ1) is 18.4. The van der Waals surface area contributed by atoms with Crippen LogP contribution >= 0.6 is 11.8 Å². The molecule has 1 aromatic rings. The molecule has 0 saturated carbocycles. The predicted octanol–water partition coefficient (Wildman–Crippen LogP) is 2.35. The number of amides is 1. The molecule has 0 spiro atoms. The van der Waals surface area contributed by atoms with Crippen molar-refractivity contribution < 1.29 is 4.79 Å². The Morgan fingerprint density at radius 3 is 2.50 bits per heavy atom. The highest BCUT2D eigenvalue weighted by Gasteiger charge is 2.15. The van der Waals surface area contributed by atoms with E-state index in [4.69, 9.17) is 0 Å². The summed E-state index contributed by atoms with van der Waals surface area (Å²) in [7, 11) is 0. The second-order valence-corrected chi connectivity index (χ2v) is 5.67. The Bertz CT molecular complexity index is 474. The summed E-state index contributed by atoms with van der Waals surface area (Å²) < 4.78 is 1.27. The van der Waals surface area contributed by atoms with Crippen LogP contribution in [-0.4, -0.2) is 69.1 Å². The highest BCUT2D eigenvalue weighted by atomic mass is 32.2. The third-order valence-electron chi connectivity index (χ3n) is 3.17. The molecule has 1 amide bonds. The van der Waals surface area contributed by atoms with Crippen LogP contribution in [0.5, 0.6) is 0 Å². The molecule has 1 aromatic heterocycles. The van der Waals surface area contributed by atoms with E-state index in [1.807, 2.05) is 0 Å². The van der Waals surface area contributed by atoms with Crippen LogP contribution in [0.2, 0.25) is 0 Å². The first-order chi connectivity index (χ1) is 10.7. The number of hydrogen-bond acceptors (Lipinski definition) is 5. The molecule has 0 aliphatic heterocycles. The standard InChI is InChI=1S/C15H25N5OS/c1-5-9-19(10-6-2)15(21)20-13-16-14(17-20)22-12-11-18(7-3)8-4/h5-6,13H,1-2,7-12H2,3-4H3. The number of carbonyl (C=O) groups excluding carboxylic acids is 1. The van der Waals surface area contributed by atoms with E-state index in [0.29, 0.717) is 18.2 Å². The van der Waals surface area contributed by atoms with E-state index in [0.717, 1.165) is 25.4 Å². The number of rotatable bonds is 10. The Labute approximate surface area is 136 Å². The second-order valence-electron chi connectivity index (χ2n) is 4.61. The van der Waals surface area contributed by atoms with Crippen LogP contribution in [0.1, 0.15) is 13.8 Å². The van der Waals surface area contributed by atoms with Crippen LogP contribution in [0.15, 0.2) is 36.8 Å². The highest BCUT2D eigenvalue weighted by molar-refractivity contribution is 7.99. The second kappa shape index (κ2) is 10.2. The number of hydrogen-bond donors (Lipinski definition) is 0. The maximum atomic E-state index is 12.3. The zero-order valence-corrected chi connectivity index (χ0v) is 14.3. The predicted molar refractivity (Wildman–Crippen MR) is 91.3 cm³/mol.